The summed E-state index contributed by atoms with van der Waals surface area (Å²) in [5.41, 5.74) is 1.89. The summed E-state index contributed by atoms with van der Waals surface area (Å²) < 4.78 is 24.0. The van der Waals surface area contributed by atoms with Crippen LogP contribution in [0.2, 0.25) is 0 Å². The molecule has 2 aromatic rings. The fraction of sp³-hybridized carbons (Fsp3) is 0.294. The van der Waals surface area contributed by atoms with Gasteiger partial charge in [0.2, 0.25) is 0 Å². The van der Waals surface area contributed by atoms with E-state index in [4.69, 9.17) is 9.15 Å². The first-order valence-electron chi connectivity index (χ1n) is 6.92. The van der Waals surface area contributed by atoms with Crippen molar-refractivity contribution in [2.24, 2.45) is 0 Å². The van der Waals surface area contributed by atoms with Crippen LogP contribution in [0.3, 0.4) is 0 Å². The van der Waals surface area contributed by atoms with Crippen molar-refractivity contribution in [3.63, 3.8) is 0 Å². The first kappa shape index (κ1) is 15.5. The SMILES string of the molecule is C=C(C)COCCNCc1ccc(-c2ccc(F)cc2)o1. The molecule has 0 aliphatic carbocycles. The second-order valence-electron chi connectivity index (χ2n) is 4.96. The Kier molecular flexibility index (Phi) is 5.72. The number of hydrogen-bond donors (Lipinski definition) is 1. The molecular formula is C17H20FNO2. The van der Waals surface area contributed by atoms with E-state index in [-0.39, 0.29) is 5.82 Å². The summed E-state index contributed by atoms with van der Waals surface area (Å²) in [5.74, 6) is 1.33. The van der Waals surface area contributed by atoms with Gasteiger partial charge in [0.15, 0.2) is 0 Å². The molecule has 112 valence electrons. The van der Waals surface area contributed by atoms with Gasteiger partial charge in [-0.15, -0.1) is 0 Å². The Morgan fingerprint density at radius 1 is 1.24 bits per heavy atom. The van der Waals surface area contributed by atoms with E-state index in [1.54, 1.807) is 12.1 Å². The van der Waals surface area contributed by atoms with Crippen LogP contribution in [0.4, 0.5) is 4.39 Å². The summed E-state index contributed by atoms with van der Waals surface area (Å²) in [6, 6.07) is 10.1. The zero-order valence-electron chi connectivity index (χ0n) is 12.2. The maximum absolute atomic E-state index is 12.9. The molecule has 0 saturated heterocycles. The highest BCUT2D eigenvalue weighted by Crippen LogP contribution is 2.22. The standard InChI is InChI=1S/C17H20FNO2/c1-13(2)12-20-10-9-19-11-16-7-8-17(21-16)14-3-5-15(18)6-4-14/h3-8,19H,1,9-12H2,2H3. The predicted octanol–water partition coefficient (Wildman–Crippen LogP) is 3.77. The van der Waals surface area contributed by atoms with Crippen molar-refractivity contribution in [3.05, 3.63) is 60.1 Å². The van der Waals surface area contributed by atoms with Crippen LogP contribution in [-0.4, -0.2) is 19.8 Å². The minimum Gasteiger partial charge on any atom is -0.460 e. The van der Waals surface area contributed by atoms with Crippen molar-refractivity contribution < 1.29 is 13.5 Å². The average molecular weight is 289 g/mol. The Morgan fingerprint density at radius 2 is 2.00 bits per heavy atom. The molecule has 4 heteroatoms. The van der Waals surface area contributed by atoms with E-state index in [2.05, 4.69) is 11.9 Å². The van der Waals surface area contributed by atoms with Gasteiger partial charge in [0, 0.05) is 12.1 Å². The molecule has 0 aliphatic rings. The van der Waals surface area contributed by atoms with Gasteiger partial charge < -0.3 is 14.5 Å². The molecule has 1 aromatic heterocycles. The monoisotopic (exact) mass is 289 g/mol. The lowest BCUT2D eigenvalue weighted by atomic mass is 10.2. The van der Waals surface area contributed by atoms with Crippen molar-refractivity contribution in [2.45, 2.75) is 13.5 Å². The molecule has 0 unspecified atom stereocenters. The summed E-state index contributed by atoms with van der Waals surface area (Å²) in [7, 11) is 0. The number of furan rings is 1. The largest absolute Gasteiger partial charge is 0.460 e. The molecule has 0 radical (unpaired) electrons. The third-order valence-corrected chi connectivity index (χ3v) is 2.86. The quantitative estimate of drug-likeness (QED) is 0.593. The van der Waals surface area contributed by atoms with E-state index in [1.165, 1.54) is 12.1 Å². The molecule has 0 atom stereocenters. The van der Waals surface area contributed by atoms with Gasteiger partial charge in [-0.1, -0.05) is 12.2 Å². The molecule has 1 N–H and O–H groups in total. The maximum atomic E-state index is 12.9. The molecule has 1 heterocycles. The smallest absolute Gasteiger partial charge is 0.134 e. The predicted molar refractivity (Wildman–Crippen MR) is 81.4 cm³/mol. The van der Waals surface area contributed by atoms with Crippen LogP contribution in [0.1, 0.15) is 12.7 Å². The van der Waals surface area contributed by atoms with Crippen LogP contribution in [0.5, 0.6) is 0 Å². The minimum absolute atomic E-state index is 0.248. The van der Waals surface area contributed by atoms with Crippen LogP contribution in [0.15, 0.2) is 53.0 Å². The highest BCUT2D eigenvalue weighted by molar-refractivity contribution is 5.57. The van der Waals surface area contributed by atoms with Crippen molar-refractivity contribution in [1.29, 1.82) is 0 Å². The lowest BCUT2D eigenvalue weighted by molar-refractivity contribution is 0.157. The van der Waals surface area contributed by atoms with Crippen molar-refractivity contribution >= 4 is 0 Å². The fourth-order valence-electron chi connectivity index (χ4n) is 1.84. The lowest BCUT2D eigenvalue weighted by Crippen LogP contribution is -2.19. The number of ether oxygens (including phenoxy) is 1. The number of hydrogen-bond acceptors (Lipinski definition) is 3. The van der Waals surface area contributed by atoms with E-state index in [0.717, 1.165) is 29.2 Å². The van der Waals surface area contributed by atoms with Crippen molar-refractivity contribution in [1.82, 2.24) is 5.32 Å². The Labute approximate surface area is 124 Å². The topological polar surface area (TPSA) is 34.4 Å². The molecule has 0 spiro atoms. The van der Waals surface area contributed by atoms with Crippen LogP contribution in [0, 0.1) is 5.82 Å². The summed E-state index contributed by atoms with van der Waals surface area (Å²) in [6.45, 7) is 8.33. The van der Waals surface area contributed by atoms with Gasteiger partial charge in [-0.05, 0) is 43.3 Å². The lowest BCUT2D eigenvalue weighted by Gasteiger charge is -2.04. The third kappa shape index (κ3) is 5.17. The van der Waals surface area contributed by atoms with Crippen LogP contribution in [-0.2, 0) is 11.3 Å². The van der Waals surface area contributed by atoms with E-state index in [1.807, 2.05) is 19.1 Å². The van der Waals surface area contributed by atoms with Gasteiger partial charge >= 0.3 is 0 Å². The van der Waals surface area contributed by atoms with Crippen molar-refractivity contribution in [2.75, 3.05) is 19.8 Å². The van der Waals surface area contributed by atoms with Gasteiger partial charge in [0.25, 0.3) is 0 Å². The molecule has 0 bridgehead atoms. The molecule has 0 amide bonds. The van der Waals surface area contributed by atoms with Gasteiger partial charge in [0.1, 0.15) is 17.3 Å². The van der Waals surface area contributed by atoms with E-state index in [0.29, 0.717) is 19.8 Å². The first-order valence-corrected chi connectivity index (χ1v) is 6.92. The molecule has 0 aliphatic heterocycles. The molecule has 21 heavy (non-hydrogen) atoms. The number of benzene rings is 1. The first-order chi connectivity index (χ1) is 10.1. The molecule has 1 aromatic carbocycles. The van der Waals surface area contributed by atoms with E-state index in [9.17, 15) is 4.39 Å². The Hall–Kier alpha value is -1.91. The van der Waals surface area contributed by atoms with Gasteiger partial charge in [-0.25, -0.2) is 4.39 Å². The number of rotatable bonds is 8. The molecule has 0 fully saturated rings. The van der Waals surface area contributed by atoms with Gasteiger partial charge in [0.05, 0.1) is 19.8 Å². The van der Waals surface area contributed by atoms with Gasteiger partial charge in [-0.3, -0.25) is 0 Å². The molecule has 0 saturated carbocycles. The molecule has 3 nitrogen and oxygen atoms in total. The van der Waals surface area contributed by atoms with E-state index >= 15 is 0 Å². The zero-order valence-corrected chi connectivity index (χ0v) is 12.2. The zero-order chi connectivity index (χ0) is 15.1. The number of nitrogens with one attached hydrogen (secondary N) is 1. The summed E-state index contributed by atoms with van der Waals surface area (Å²) >= 11 is 0. The summed E-state index contributed by atoms with van der Waals surface area (Å²) in [6.07, 6.45) is 0. The van der Waals surface area contributed by atoms with Crippen molar-refractivity contribution in [3.8, 4) is 11.3 Å². The molecule has 2 rings (SSSR count). The highest BCUT2D eigenvalue weighted by Gasteiger charge is 2.04. The second-order valence-corrected chi connectivity index (χ2v) is 4.96. The Balaban J connectivity index is 1.76. The average Bonchev–Trinajstić information content (AvgIpc) is 2.92. The second kappa shape index (κ2) is 7.76. The van der Waals surface area contributed by atoms with Crippen LogP contribution in [0.25, 0.3) is 11.3 Å². The van der Waals surface area contributed by atoms with E-state index < -0.39 is 0 Å². The third-order valence-electron chi connectivity index (χ3n) is 2.86. The van der Waals surface area contributed by atoms with Gasteiger partial charge in [-0.2, -0.15) is 0 Å². The normalized spacial score (nSPS) is 10.8. The Bertz CT molecular complexity index is 575. The number of halogens is 1. The maximum Gasteiger partial charge on any atom is 0.134 e. The van der Waals surface area contributed by atoms with Crippen LogP contribution >= 0.6 is 0 Å². The summed E-state index contributed by atoms with van der Waals surface area (Å²) in [4.78, 5) is 0. The molecular weight excluding hydrogens is 269 g/mol. The summed E-state index contributed by atoms with van der Waals surface area (Å²) in [5, 5.41) is 3.24. The van der Waals surface area contributed by atoms with Crippen LogP contribution < -0.4 is 5.32 Å². The Morgan fingerprint density at radius 3 is 2.71 bits per heavy atom. The minimum atomic E-state index is -0.248. The highest BCUT2D eigenvalue weighted by atomic mass is 19.1. The fourth-order valence-corrected chi connectivity index (χ4v) is 1.84.